The van der Waals surface area contributed by atoms with Crippen molar-refractivity contribution in [2.24, 2.45) is 11.3 Å². The fraction of sp³-hybridized carbons (Fsp3) is 0.391. The van der Waals surface area contributed by atoms with Crippen LogP contribution in [0.3, 0.4) is 0 Å². The van der Waals surface area contributed by atoms with E-state index in [-0.39, 0.29) is 11.3 Å². The Hall–Kier alpha value is -2.70. The fourth-order valence-electron chi connectivity index (χ4n) is 2.48. The predicted molar refractivity (Wildman–Crippen MR) is 113 cm³/mol. The molecule has 0 heterocycles. The first-order chi connectivity index (χ1) is 13.4. The number of rotatable bonds is 5. The molecule has 0 fully saturated rings. The standard InChI is InChI=1S/C9H20O2.2C7H6O2/c1-6(2)9(5,7(3)10)8(4)11;2*8-7(9)6-4-2-1-3-5-6/h6-8,10-11H,1-5H3;2*1-5H,(H,8,9). The lowest BCUT2D eigenvalue weighted by atomic mass is 9.71. The number of hydrogen-bond acceptors (Lipinski definition) is 4. The van der Waals surface area contributed by atoms with Crippen molar-refractivity contribution in [2.75, 3.05) is 0 Å². The molecule has 0 saturated carbocycles. The van der Waals surface area contributed by atoms with Crippen molar-refractivity contribution in [3.05, 3.63) is 71.8 Å². The van der Waals surface area contributed by atoms with Crippen LogP contribution in [0, 0.1) is 11.3 Å². The van der Waals surface area contributed by atoms with Gasteiger partial charge in [0.15, 0.2) is 0 Å². The summed E-state index contributed by atoms with van der Waals surface area (Å²) in [6, 6.07) is 16.6. The summed E-state index contributed by atoms with van der Waals surface area (Å²) in [5, 5.41) is 35.7. The van der Waals surface area contributed by atoms with Crippen LogP contribution in [0.5, 0.6) is 0 Å². The van der Waals surface area contributed by atoms with Crippen LogP contribution in [-0.2, 0) is 0 Å². The molecule has 0 bridgehead atoms. The summed E-state index contributed by atoms with van der Waals surface area (Å²) in [5.41, 5.74) is 0.273. The van der Waals surface area contributed by atoms with Crippen LogP contribution in [-0.4, -0.2) is 44.6 Å². The van der Waals surface area contributed by atoms with Crippen LogP contribution in [0.4, 0.5) is 0 Å². The molecular weight excluding hydrogens is 372 g/mol. The first kappa shape index (κ1) is 26.3. The molecule has 0 radical (unpaired) electrons. The molecule has 6 heteroatoms. The van der Waals surface area contributed by atoms with E-state index in [0.717, 1.165) is 0 Å². The second kappa shape index (κ2) is 12.7. The van der Waals surface area contributed by atoms with Crippen molar-refractivity contribution in [2.45, 2.75) is 46.8 Å². The van der Waals surface area contributed by atoms with Gasteiger partial charge in [0.05, 0.1) is 23.3 Å². The number of aromatic carboxylic acids is 2. The number of carboxylic acids is 2. The van der Waals surface area contributed by atoms with Gasteiger partial charge < -0.3 is 20.4 Å². The lowest BCUT2D eigenvalue weighted by Gasteiger charge is -2.39. The van der Waals surface area contributed by atoms with Gasteiger partial charge >= 0.3 is 11.9 Å². The molecule has 29 heavy (non-hydrogen) atoms. The number of carboxylic acid groups (broad SMARTS) is 2. The highest BCUT2D eigenvalue weighted by molar-refractivity contribution is 5.87. The largest absolute Gasteiger partial charge is 0.478 e. The summed E-state index contributed by atoms with van der Waals surface area (Å²) < 4.78 is 0. The van der Waals surface area contributed by atoms with Crippen molar-refractivity contribution in [1.82, 2.24) is 0 Å². The van der Waals surface area contributed by atoms with E-state index in [4.69, 9.17) is 10.2 Å². The zero-order chi connectivity index (χ0) is 22.6. The second-order valence-corrected chi connectivity index (χ2v) is 7.22. The van der Waals surface area contributed by atoms with E-state index in [9.17, 15) is 19.8 Å². The van der Waals surface area contributed by atoms with Gasteiger partial charge in [-0.2, -0.15) is 0 Å². The minimum Gasteiger partial charge on any atom is -0.478 e. The van der Waals surface area contributed by atoms with Gasteiger partial charge in [0.2, 0.25) is 0 Å². The Morgan fingerprint density at radius 3 is 1.07 bits per heavy atom. The molecular formula is C23H32O6. The van der Waals surface area contributed by atoms with Gasteiger partial charge in [0.25, 0.3) is 0 Å². The summed E-state index contributed by atoms with van der Waals surface area (Å²) in [4.78, 5) is 20.4. The van der Waals surface area contributed by atoms with Gasteiger partial charge in [-0.25, -0.2) is 9.59 Å². The maximum absolute atomic E-state index is 10.2. The Balaban J connectivity index is 0.000000408. The van der Waals surface area contributed by atoms with Gasteiger partial charge in [-0.1, -0.05) is 57.2 Å². The molecule has 2 atom stereocenters. The van der Waals surface area contributed by atoms with E-state index in [2.05, 4.69) is 0 Å². The van der Waals surface area contributed by atoms with E-state index < -0.39 is 24.1 Å². The molecule has 2 aromatic carbocycles. The lowest BCUT2D eigenvalue weighted by molar-refractivity contribution is -0.0711. The molecule has 0 aromatic heterocycles. The van der Waals surface area contributed by atoms with Crippen LogP contribution in [0.2, 0.25) is 0 Å². The topological polar surface area (TPSA) is 115 Å². The smallest absolute Gasteiger partial charge is 0.335 e. The summed E-state index contributed by atoms with van der Waals surface area (Å²) in [5.74, 6) is -1.48. The average Bonchev–Trinajstić information content (AvgIpc) is 2.69. The Morgan fingerprint density at radius 2 is 0.966 bits per heavy atom. The minimum absolute atomic E-state index is 0.280. The Labute approximate surface area is 172 Å². The monoisotopic (exact) mass is 404 g/mol. The molecule has 6 nitrogen and oxygen atoms in total. The number of benzene rings is 2. The van der Waals surface area contributed by atoms with Gasteiger partial charge in [-0.15, -0.1) is 0 Å². The van der Waals surface area contributed by atoms with E-state index in [1.807, 2.05) is 20.8 Å². The third kappa shape index (κ3) is 8.89. The van der Waals surface area contributed by atoms with Crippen molar-refractivity contribution >= 4 is 11.9 Å². The Kier molecular flexibility index (Phi) is 11.5. The van der Waals surface area contributed by atoms with Gasteiger partial charge in [-0.3, -0.25) is 0 Å². The first-order valence-corrected chi connectivity index (χ1v) is 9.37. The predicted octanol–water partition coefficient (Wildman–Crippen LogP) is 4.18. The highest BCUT2D eigenvalue weighted by Gasteiger charge is 2.38. The molecule has 0 saturated heterocycles. The molecule has 160 valence electrons. The van der Waals surface area contributed by atoms with E-state index in [1.165, 1.54) is 0 Å². The quantitative estimate of drug-likeness (QED) is 0.594. The summed E-state index contributed by atoms with van der Waals surface area (Å²) >= 11 is 0. The summed E-state index contributed by atoms with van der Waals surface area (Å²) in [6.07, 6.45) is -0.940. The zero-order valence-electron chi connectivity index (χ0n) is 17.6. The van der Waals surface area contributed by atoms with Crippen LogP contribution in [0.25, 0.3) is 0 Å². The van der Waals surface area contributed by atoms with Crippen LogP contribution < -0.4 is 0 Å². The van der Waals surface area contributed by atoms with Crippen LogP contribution in [0.15, 0.2) is 60.7 Å². The lowest BCUT2D eigenvalue weighted by Crippen LogP contribution is -2.44. The molecule has 0 amide bonds. The molecule has 2 aromatic rings. The fourth-order valence-corrected chi connectivity index (χ4v) is 2.48. The van der Waals surface area contributed by atoms with E-state index in [0.29, 0.717) is 11.1 Å². The summed E-state index contributed by atoms with van der Waals surface area (Å²) in [7, 11) is 0. The van der Waals surface area contributed by atoms with Gasteiger partial charge in [0.1, 0.15) is 0 Å². The maximum atomic E-state index is 10.2. The van der Waals surface area contributed by atoms with Crippen LogP contribution >= 0.6 is 0 Å². The minimum atomic E-state index is -0.879. The van der Waals surface area contributed by atoms with Crippen molar-refractivity contribution < 1.29 is 30.0 Å². The van der Waals surface area contributed by atoms with Gasteiger partial charge in [-0.05, 0) is 44.0 Å². The first-order valence-electron chi connectivity index (χ1n) is 9.37. The van der Waals surface area contributed by atoms with Crippen molar-refractivity contribution in [3.63, 3.8) is 0 Å². The molecule has 0 aliphatic heterocycles. The van der Waals surface area contributed by atoms with Crippen molar-refractivity contribution in [3.8, 4) is 0 Å². The zero-order valence-corrected chi connectivity index (χ0v) is 17.6. The highest BCUT2D eigenvalue weighted by atomic mass is 16.4. The number of aliphatic hydroxyl groups excluding tert-OH is 2. The van der Waals surface area contributed by atoms with Crippen molar-refractivity contribution in [1.29, 1.82) is 0 Å². The third-order valence-corrected chi connectivity index (χ3v) is 5.09. The second-order valence-electron chi connectivity index (χ2n) is 7.22. The number of aliphatic hydroxyl groups is 2. The third-order valence-electron chi connectivity index (χ3n) is 5.09. The summed E-state index contributed by atoms with van der Waals surface area (Å²) in [6.45, 7) is 9.39. The SMILES string of the molecule is CC(C)C(C)(C(C)O)C(C)O.O=C(O)c1ccccc1.O=C(O)c1ccccc1. The molecule has 0 aliphatic carbocycles. The molecule has 0 spiro atoms. The molecule has 2 unspecified atom stereocenters. The maximum Gasteiger partial charge on any atom is 0.335 e. The molecule has 4 N–H and O–H groups in total. The number of hydrogen-bond donors (Lipinski definition) is 4. The average molecular weight is 405 g/mol. The van der Waals surface area contributed by atoms with Gasteiger partial charge in [0, 0.05) is 5.41 Å². The van der Waals surface area contributed by atoms with E-state index >= 15 is 0 Å². The molecule has 0 aliphatic rings. The van der Waals surface area contributed by atoms with Crippen LogP contribution in [0.1, 0.15) is 55.3 Å². The Bertz CT molecular complexity index is 652. The number of carbonyl (C=O) groups is 2. The highest BCUT2D eigenvalue weighted by Crippen LogP contribution is 2.34. The molecule has 2 rings (SSSR count). The van der Waals surface area contributed by atoms with E-state index in [1.54, 1.807) is 74.5 Å². The normalized spacial score (nSPS) is 14.2. The Morgan fingerprint density at radius 1 is 0.690 bits per heavy atom.